The van der Waals surface area contributed by atoms with Crippen molar-refractivity contribution in [3.8, 4) is 11.1 Å². The first-order valence-electron chi connectivity index (χ1n) is 6.75. The smallest absolute Gasteiger partial charge is 1.00 e. The van der Waals surface area contributed by atoms with Gasteiger partial charge in [0, 0.05) is 0 Å². The molecule has 0 radical (unpaired) electrons. The largest absolute Gasteiger partial charge is 1.00 e. The number of hydrogen-bond donors (Lipinski definition) is 0. The third kappa shape index (κ3) is 3.19. The van der Waals surface area contributed by atoms with Crippen LogP contribution in [0.5, 0.6) is 0 Å². The Labute approximate surface area is 155 Å². The van der Waals surface area contributed by atoms with E-state index in [0.717, 1.165) is 6.42 Å². The van der Waals surface area contributed by atoms with Gasteiger partial charge in [0.05, 0.1) is 0 Å². The van der Waals surface area contributed by atoms with Crippen LogP contribution in [0.4, 0.5) is 0 Å². The summed E-state index contributed by atoms with van der Waals surface area (Å²) >= 11 is -0.135. The van der Waals surface area contributed by atoms with Gasteiger partial charge in [-0.15, -0.1) is 0 Å². The summed E-state index contributed by atoms with van der Waals surface area (Å²) < 4.78 is 3.29. The van der Waals surface area contributed by atoms with Gasteiger partial charge in [0.2, 0.25) is 0 Å². The summed E-state index contributed by atoms with van der Waals surface area (Å²) in [5, 5.41) is 0. The van der Waals surface area contributed by atoms with Crippen molar-refractivity contribution in [2.75, 3.05) is 0 Å². The van der Waals surface area contributed by atoms with E-state index in [4.69, 9.17) is 0 Å². The minimum Gasteiger partial charge on any atom is -1.00 e. The van der Waals surface area contributed by atoms with E-state index < -0.39 is 0 Å². The topological polar surface area (TPSA) is 0 Å². The number of fused-ring (bicyclic) bond motifs is 3. The zero-order valence-electron chi connectivity index (χ0n) is 11.4. The summed E-state index contributed by atoms with van der Waals surface area (Å²) in [4.78, 5) is 0. The van der Waals surface area contributed by atoms with Gasteiger partial charge < -0.3 is 34.0 Å². The van der Waals surface area contributed by atoms with Gasteiger partial charge in [-0.05, 0) is 0 Å². The molecule has 2 aliphatic carbocycles. The predicted molar refractivity (Wildman–Crippen MR) is 76.2 cm³/mol. The maximum absolute atomic E-state index is 2.35. The third-order valence-electron chi connectivity index (χ3n) is 3.92. The molecule has 0 nitrogen and oxygen atoms in total. The van der Waals surface area contributed by atoms with Crippen LogP contribution in [0, 0.1) is 0 Å². The van der Waals surface area contributed by atoms with Crippen molar-refractivity contribution in [3.63, 3.8) is 0 Å². The van der Waals surface area contributed by atoms with Crippen LogP contribution in [0.3, 0.4) is 0 Å². The zero-order chi connectivity index (χ0) is 12.7. The average Bonchev–Trinajstić information content (AvgIpc) is 3.06. The fourth-order valence-electron chi connectivity index (χ4n) is 2.99. The van der Waals surface area contributed by atoms with Crippen LogP contribution in [0.2, 0.25) is 0 Å². The fraction of sp³-hybridized carbons (Fsp3) is 0.111. The Morgan fingerprint density at radius 1 is 0.857 bits per heavy atom. The molecule has 0 unspecified atom stereocenters. The summed E-state index contributed by atoms with van der Waals surface area (Å²) in [7, 11) is 0. The summed E-state index contributed by atoms with van der Waals surface area (Å²) in [6, 6.07) is 15.7. The maximum atomic E-state index is 2.35. The van der Waals surface area contributed by atoms with Gasteiger partial charge >= 0.3 is 123 Å². The van der Waals surface area contributed by atoms with E-state index >= 15 is 0 Å². The number of rotatable bonds is 2. The van der Waals surface area contributed by atoms with E-state index in [1.807, 2.05) is 0 Å². The van der Waals surface area contributed by atoms with Crippen molar-refractivity contribution in [2.45, 2.75) is 12.8 Å². The molecule has 4 rings (SSSR count). The van der Waals surface area contributed by atoms with E-state index in [-0.39, 0.29) is 53.1 Å². The number of allylic oxidation sites excluding steroid dienone is 4. The third-order valence-corrected chi connectivity index (χ3v) is 6.15. The first-order chi connectivity index (χ1) is 9.42. The van der Waals surface area contributed by atoms with Gasteiger partial charge in [-0.1, -0.05) is 0 Å². The normalized spacial score (nSPS) is 13.4. The molecule has 2 aromatic carbocycles. The molecule has 0 N–H and O–H groups in total. The minimum absolute atomic E-state index is 0. The molecule has 0 aliphatic heterocycles. The Morgan fingerprint density at radius 3 is 2.48 bits per heavy atom. The van der Waals surface area contributed by atoms with Gasteiger partial charge in [0.1, 0.15) is 0 Å². The predicted octanol–water partition coefficient (Wildman–Crippen LogP) is -2.18. The molecule has 3 heteroatoms. The van der Waals surface area contributed by atoms with Gasteiger partial charge in [-0.2, -0.15) is 0 Å². The number of halogens is 2. The van der Waals surface area contributed by atoms with Gasteiger partial charge in [0.15, 0.2) is 0 Å². The Hall–Kier alpha value is -0.406. The molecule has 0 spiro atoms. The summed E-state index contributed by atoms with van der Waals surface area (Å²) in [5.41, 5.74) is 6.01. The molecule has 0 aromatic heterocycles. The van der Waals surface area contributed by atoms with E-state index in [1.54, 1.807) is 13.3 Å². The molecule has 0 fully saturated rings. The Morgan fingerprint density at radius 2 is 1.67 bits per heavy atom. The Kier molecular flexibility index (Phi) is 5.84. The van der Waals surface area contributed by atoms with E-state index in [1.165, 1.54) is 23.1 Å². The van der Waals surface area contributed by atoms with E-state index in [9.17, 15) is 0 Å². The molecule has 0 saturated carbocycles. The second-order valence-electron chi connectivity index (χ2n) is 5.11. The van der Waals surface area contributed by atoms with Crippen LogP contribution >= 0.6 is 0 Å². The van der Waals surface area contributed by atoms with Crippen LogP contribution in [0.1, 0.15) is 17.5 Å². The monoisotopic (exact) mass is 436 g/mol. The number of benzene rings is 2. The van der Waals surface area contributed by atoms with E-state index in [0.29, 0.717) is 0 Å². The summed E-state index contributed by atoms with van der Waals surface area (Å²) in [6.07, 6.45) is 9.11. The van der Waals surface area contributed by atoms with Crippen molar-refractivity contribution in [1.29, 1.82) is 0 Å². The molecule has 2 aliphatic rings. The second-order valence-corrected chi connectivity index (χ2v) is 7.35. The van der Waals surface area contributed by atoms with Crippen molar-refractivity contribution in [2.24, 2.45) is 0 Å². The SMILES string of the molecule is C1=CC[C]([Ti+2][c]2cccc3c2Cc2ccccc2-3)=C1.[Br-].[Br-]. The standard InChI is InChI=1S/C13H9.C5H5.2BrH.Ti/c1-3-7-12-10(5-1)9-11-6-2-4-8-13(11)12;1-2-4-5-3-1;;;/h1-5,7-8H,9H2;1-3H,4H2;2*1H;/q;;;;+2/p-2. The quantitative estimate of drug-likeness (QED) is 0.400. The molecule has 0 heterocycles. The van der Waals surface area contributed by atoms with Crippen molar-refractivity contribution in [1.82, 2.24) is 0 Å². The van der Waals surface area contributed by atoms with Gasteiger partial charge in [0.25, 0.3) is 0 Å². The second kappa shape index (κ2) is 7.24. The Balaban J connectivity index is 0.000000807. The van der Waals surface area contributed by atoms with Crippen LogP contribution in [0.15, 0.2) is 64.6 Å². The van der Waals surface area contributed by atoms with Gasteiger partial charge in [-0.3, -0.25) is 0 Å². The van der Waals surface area contributed by atoms with Crippen molar-refractivity contribution < 1.29 is 53.1 Å². The van der Waals surface area contributed by atoms with Crippen LogP contribution in [-0.4, -0.2) is 0 Å². The van der Waals surface area contributed by atoms with Crippen LogP contribution < -0.4 is 37.8 Å². The molecule has 2 aromatic rings. The van der Waals surface area contributed by atoms with Crippen molar-refractivity contribution >= 4 is 3.87 Å². The Bertz CT molecular complexity index is 717. The van der Waals surface area contributed by atoms with Crippen LogP contribution in [-0.2, 0) is 25.6 Å². The zero-order valence-corrected chi connectivity index (χ0v) is 16.2. The number of hydrogen-bond acceptors (Lipinski definition) is 0. The summed E-state index contributed by atoms with van der Waals surface area (Å²) in [6.45, 7) is 0. The average molecular weight is 438 g/mol. The molecule has 0 atom stereocenters. The van der Waals surface area contributed by atoms with Crippen LogP contribution in [0.25, 0.3) is 11.1 Å². The molecule has 21 heavy (non-hydrogen) atoms. The fourth-order valence-corrected chi connectivity index (χ4v) is 5.02. The maximum Gasteiger partial charge on any atom is -1.00 e. The van der Waals surface area contributed by atoms with Gasteiger partial charge in [-0.25, -0.2) is 0 Å². The first-order valence-corrected chi connectivity index (χ1v) is 8.31. The first kappa shape index (κ1) is 17.0. The van der Waals surface area contributed by atoms with E-state index in [2.05, 4.69) is 60.7 Å². The molecular weight excluding hydrogens is 424 g/mol. The molecule has 104 valence electrons. The molecule has 0 saturated heterocycles. The minimum atomic E-state index is -0.135. The molecular formula is C18H14Br2Ti. The van der Waals surface area contributed by atoms with Crippen molar-refractivity contribution in [3.05, 3.63) is 75.7 Å². The molecule has 0 amide bonds. The molecule has 0 bridgehead atoms. The summed E-state index contributed by atoms with van der Waals surface area (Å²) in [5.74, 6) is 0.